The summed E-state index contributed by atoms with van der Waals surface area (Å²) in [6, 6.07) is 4.75. The predicted octanol–water partition coefficient (Wildman–Crippen LogP) is 2.25. The normalized spacial score (nSPS) is 18.5. The van der Waals surface area contributed by atoms with E-state index in [9.17, 15) is 17.6 Å². The lowest BCUT2D eigenvalue weighted by atomic mass is 10.1. The molecule has 1 aliphatic heterocycles. The molecule has 142 valence electrons. The largest absolute Gasteiger partial charge is 0.481 e. The van der Waals surface area contributed by atoms with Crippen molar-refractivity contribution in [2.75, 3.05) is 19.6 Å². The molecular formula is C16H24ClFN2O4S. The maximum Gasteiger partial charge on any atom is 0.303 e. The molecule has 1 atom stereocenters. The number of halogens is 2. The van der Waals surface area contributed by atoms with Crippen LogP contribution in [0.3, 0.4) is 0 Å². The van der Waals surface area contributed by atoms with E-state index in [-0.39, 0.29) is 29.8 Å². The number of piperidine rings is 1. The maximum atomic E-state index is 13.2. The van der Waals surface area contributed by atoms with Gasteiger partial charge in [-0.1, -0.05) is 6.07 Å². The van der Waals surface area contributed by atoms with Crippen LogP contribution in [0.5, 0.6) is 0 Å². The number of hydrogen-bond donors (Lipinski definition) is 2. The van der Waals surface area contributed by atoms with Gasteiger partial charge in [-0.15, -0.1) is 12.4 Å². The minimum absolute atomic E-state index is 0. The second-order valence-electron chi connectivity index (χ2n) is 6.07. The van der Waals surface area contributed by atoms with Gasteiger partial charge in [0.1, 0.15) is 5.82 Å². The molecule has 1 unspecified atom stereocenters. The molecule has 1 fully saturated rings. The van der Waals surface area contributed by atoms with Crippen LogP contribution in [0.1, 0.15) is 32.1 Å². The third kappa shape index (κ3) is 7.27. The van der Waals surface area contributed by atoms with Crippen molar-refractivity contribution in [1.29, 1.82) is 0 Å². The number of carbonyl (C=O) groups is 1. The number of carboxylic acid groups (broad SMARTS) is 1. The van der Waals surface area contributed by atoms with E-state index in [0.29, 0.717) is 13.0 Å². The highest BCUT2D eigenvalue weighted by atomic mass is 35.5. The topological polar surface area (TPSA) is 86.7 Å². The Morgan fingerprint density at radius 3 is 2.80 bits per heavy atom. The quantitative estimate of drug-likeness (QED) is 0.660. The summed E-state index contributed by atoms with van der Waals surface area (Å²) < 4.78 is 40.5. The van der Waals surface area contributed by atoms with E-state index in [1.807, 2.05) is 0 Å². The van der Waals surface area contributed by atoms with E-state index in [1.165, 1.54) is 18.2 Å². The second-order valence-corrected chi connectivity index (χ2v) is 7.78. The van der Waals surface area contributed by atoms with Crippen LogP contribution in [0.4, 0.5) is 4.39 Å². The fourth-order valence-electron chi connectivity index (χ4n) is 2.89. The Labute approximate surface area is 153 Å². The lowest BCUT2D eigenvalue weighted by Crippen LogP contribution is -2.47. The van der Waals surface area contributed by atoms with Gasteiger partial charge in [-0.25, -0.2) is 17.5 Å². The van der Waals surface area contributed by atoms with Crippen molar-refractivity contribution in [2.24, 2.45) is 0 Å². The Bertz CT molecular complexity index is 672. The first-order valence-electron chi connectivity index (χ1n) is 8.09. The summed E-state index contributed by atoms with van der Waals surface area (Å²) >= 11 is 0. The van der Waals surface area contributed by atoms with Gasteiger partial charge < -0.3 is 10.0 Å². The van der Waals surface area contributed by atoms with Gasteiger partial charge >= 0.3 is 5.97 Å². The summed E-state index contributed by atoms with van der Waals surface area (Å²) in [5.41, 5.74) is 0. The molecule has 2 N–H and O–H groups in total. The molecule has 1 aromatic carbocycles. The van der Waals surface area contributed by atoms with E-state index in [0.717, 1.165) is 38.4 Å². The summed E-state index contributed by atoms with van der Waals surface area (Å²) in [6.45, 7) is 2.22. The molecule has 0 saturated carbocycles. The number of rotatable bonds is 8. The molecule has 25 heavy (non-hydrogen) atoms. The average Bonchev–Trinajstić information content (AvgIpc) is 2.51. The van der Waals surface area contributed by atoms with Crippen LogP contribution in [0.25, 0.3) is 0 Å². The number of nitrogens with zero attached hydrogens (tertiary/aromatic N) is 1. The number of hydrogen-bond acceptors (Lipinski definition) is 4. The van der Waals surface area contributed by atoms with Crippen LogP contribution in [0, 0.1) is 5.82 Å². The van der Waals surface area contributed by atoms with E-state index >= 15 is 0 Å². The molecular weight excluding hydrogens is 371 g/mol. The van der Waals surface area contributed by atoms with E-state index in [2.05, 4.69) is 9.62 Å². The Kier molecular flexibility index (Phi) is 8.78. The number of unbranched alkanes of at least 4 members (excludes halogenated alkanes) is 1. The predicted molar refractivity (Wildman–Crippen MR) is 94.9 cm³/mol. The first-order chi connectivity index (χ1) is 11.4. The van der Waals surface area contributed by atoms with Crippen molar-refractivity contribution in [2.45, 2.75) is 43.0 Å². The van der Waals surface area contributed by atoms with Gasteiger partial charge in [-0.3, -0.25) is 4.79 Å². The molecule has 0 amide bonds. The highest BCUT2D eigenvalue weighted by Gasteiger charge is 2.25. The third-order valence-corrected chi connectivity index (χ3v) is 5.57. The number of aliphatic carboxylic acids is 1. The van der Waals surface area contributed by atoms with Crippen molar-refractivity contribution in [3.8, 4) is 0 Å². The van der Waals surface area contributed by atoms with Crippen LogP contribution in [0.2, 0.25) is 0 Å². The SMILES string of the molecule is Cl.O=C(O)CCCCN1CCCC(NS(=O)(=O)c2cccc(F)c2)C1. The molecule has 0 aliphatic carbocycles. The monoisotopic (exact) mass is 394 g/mol. The molecule has 9 heteroatoms. The highest BCUT2D eigenvalue weighted by Crippen LogP contribution is 2.16. The fraction of sp³-hybridized carbons (Fsp3) is 0.562. The Morgan fingerprint density at radius 2 is 2.12 bits per heavy atom. The fourth-order valence-corrected chi connectivity index (χ4v) is 4.18. The lowest BCUT2D eigenvalue weighted by Gasteiger charge is -2.32. The van der Waals surface area contributed by atoms with Crippen molar-refractivity contribution in [3.05, 3.63) is 30.1 Å². The van der Waals surface area contributed by atoms with Crippen LogP contribution in [-0.4, -0.2) is 50.1 Å². The molecule has 0 radical (unpaired) electrons. The zero-order valence-electron chi connectivity index (χ0n) is 13.9. The third-order valence-electron chi connectivity index (χ3n) is 4.05. The Morgan fingerprint density at radius 1 is 1.36 bits per heavy atom. The Hall–Kier alpha value is -1.22. The Balaban J connectivity index is 0.00000312. The molecule has 6 nitrogen and oxygen atoms in total. The minimum Gasteiger partial charge on any atom is -0.481 e. The maximum absolute atomic E-state index is 13.2. The minimum atomic E-state index is -3.74. The molecule has 1 aliphatic rings. The van der Waals surface area contributed by atoms with Crippen molar-refractivity contribution < 1.29 is 22.7 Å². The van der Waals surface area contributed by atoms with Crippen molar-refractivity contribution in [3.63, 3.8) is 0 Å². The summed E-state index contributed by atoms with van der Waals surface area (Å²) in [7, 11) is -3.74. The number of carboxylic acids is 1. The van der Waals surface area contributed by atoms with Gasteiger partial charge in [0.2, 0.25) is 10.0 Å². The van der Waals surface area contributed by atoms with E-state index < -0.39 is 21.8 Å². The first-order valence-corrected chi connectivity index (χ1v) is 9.57. The molecule has 0 spiro atoms. The van der Waals surface area contributed by atoms with Crippen LogP contribution in [0.15, 0.2) is 29.2 Å². The highest BCUT2D eigenvalue weighted by molar-refractivity contribution is 7.89. The van der Waals surface area contributed by atoms with Gasteiger partial charge in [0.25, 0.3) is 0 Å². The van der Waals surface area contributed by atoms with E-state index in [1.54, 1.807) is 0 Å². The van der Waals surface area contributed by atoms with E-state index in [4.69, 9.17) is 5.11 Å². The second kappa shape index (κ2) is 10.1. The molecule has 1 aromatic rings. The van der Waals surface area contributed by atoms with Gasteiger partial charge in [0.05, 0.1) is 4.90 Å². The van der Waals surface area contributed by atoms with Crippen molar-refractivity contribution in [1.82, 2.24) is 9.62 Å². The van der Waals surface area contributed by atoms with Gasteiger partial charge in [0.15, 0.2) is 0 Å². The standard InChI is InChI=1S/C16H23FN2O4S.ClH/c17-13-5-3-7-15(11-13)24(22,23)18-14-6-4-10-19(12-14)9-2-1-8-16(20)21;/h3,5,7,11,14,18H,1-2,4,6,8-10,12H2,(H,20,21);1H. The number of sulfonamides is 1. The summed E-state index contributed by atoms with van der Waals surface area (Å²) in [4.78, 5) is 12.6. The van der Waals surface area contributed by atoms with Gasteiger partial charge in [-0.2, -0.15) is 0 Å². The number of likely N-dealkylation sites (tertiary alicyclic amines) is 1. The smallest absolute Gasteiger partial charge is 0.303 e. The zero-order valence-corrected chi connectivity index (χ0v) is 15.5. The van der Waals surface area contributed by atoms with Crippen molar-refractivity contribution >= 4 is 28.4 Å². The summed E-state index contributed by atoms with van der Waals surface area (Å²) in [5.74, 6) is -1.38. The number of nitrogens with one attached hydrogen (secondary N) is 1. The zero-order chi connectivity index (χ0) is 17.6. The molecule has 0 bridgehead atoms. The van der Waals surface area contributed by atoms with Gasteiger partial charge in [-0.05, 0) is 57.0 Å². The summed E-state index contributed by atoms with van der Waals surface area (Å²) in [6.07, 6.45) is 3.15. The number of benzene rings is 1. The first kappa shape index (κ1) is 21.8. The van der Waals surface area contributed by atoms with Gasteiger partial charge in [0, 0.05) is 19.0 Å². The summed E-state index contributed by atoms with van der Waals surface area (Å²) in [5, 5.41) is 8.63. The molecule has 1 heterocycles. The average molecular weight is 395 g/mol. The lowest BCUT2D eigenvalue weighted by molar-refractivity contribution is -0.137. The molecule has 2 rings (SSSR count). The van der Waals surface area contributed by atoms with Crippen LogP contribution >= 0.6 is 12.4 Å². The molecule has 0 aromatic heterocycles. The molecule has 1 saturated heterocycles. The van der Waals surface area contributed by atoms with Crippen LogP contribution < -0.4 is 4.72 Å². The van der Waals surface area contributed by atoms with Crippen LogP contribution in [-0.2, 0) is 14.8 Å².